The smallest absolute Gasteiger partial charge is 0.265 e. The molecule has 35 heavy (non-hydrogen) atoms. The van der Waals surface area contributed by atoms with E-state index in [1.54, 1.807) is 26.0 Å². The van der Waals surface area contributed by atoms with Gasteiger partial charge in [-0.2, -0.15) is 0 Å². The summed E-state index contributed by atoms with van der Waals surface area (Å²) in [5.74, 6) is 0.813. The van der Waals surface area contributed by atoms with Gasteiger partial charge in [-0.05, 0) is 101 Å². The van der Waals surface area contributed by atoms with Gasteiger partial charge in [0.15, 0.2) is 12.2 Å². The van der Waals surface area contributed by atoms with E-state index in [4.69, 9.17) is 9.47 Å². The van der Waals surface area contributed by atoms with Crippen LogP contribution in [0, 0.1) is 34.6 Å². The van der Waals surface area contributed by atoms with Crippen molar-refractivity contribution in [2.75, 3.05) is 10.6 Å². The number of benzene rings is 3. The van der Waals surface area contributed by atoms with Crippen LogP contribution in [-0.4, -0.2) is 24.0 Å². The molecule has 3 aromatic carbocycles. The number of hydrogen-bond donors (Lipinski definition) is 2. The van der Waals surface area contributed by atoms with E-state index in [0.29, 0.717) is 22.9 Å². The number of carbonyl (C=O) groups excluding carboxylic acids is 2. The van der Waals surface area contributed by atoms with Crippen molar-refractivity contribution >= 4 is 23.2 Å². The summed E-state index contributed by atoms with van der Waals surface area (Å²) in [4.78, 5) is 25.6. The maximum Gasteiger partial charge on any atom is 0.265 e. The molecule has 0 aliphatic heterocycles. The van der Waals surface area contributed by atoms with Gasteiger partial charge in [0.05, 0.1) is 0 Å². The lowest BCUT2D eigenvalue weighted by molar-refractivity contribution is -0.122. The second kappa shape index (κ2) is 11.1. The Morgan fingerprint density at radius 2 is 1.09 bits per heavy atom. The predicted octanol–water partition coefficient (Wildman–Crippen LogP) is 6.04. The first-order valence-corrected chi connectivity index (χ1v) is 11.7. The van der Waals surface area contributed by atoms with Crippen molar-refractivity contribution in [2.45, 2.75) is 60.7 Å². The highest BCUT2D eigenvalue weighted by Gasteiger charge is 2.19. The van der Waals surface area contributed by atoms with E-state index in [0.717, 1.165) is 27.8 Å². The van der Waals surface area contributed by atoms with Crippen LogP contribution < -0.4 is 20.1 Å². The molecular weight excluding hydrogens is 440 g/mol. The second-order valence-corrected chi connectivity index (χ2v) is 9.07. The summed E-state index contributed by atoms with van der Waals surface area (Å²) in [7, 11) is 0. The highest BCUT2D eigenvalue weighted by Crippen LogP contribution is 2.24. The predicted molar refractivity (Wildman–Crippen MR) is 140 cm³/mol. The third kappa shape index (κ3) is 6.85. The van der Waals surface area contributed by atoms with Crippen molar-refractivity contribution in [3.63, 3.8) is 0 Å². The highest BCUT2D eigenvalue weighted by molar-refractivity contribution is 5.97. The fourth-order valence-electron chi connectivity index (χ4n) is 3.47. The summed E-state index contributed by atoms with van der Waals surface area (Å²) in [6.45, 7) is 13.2. The van der Waals surface area contributed by atoms with Crippen LogP contribution in [0.25, 0.3) is 0 Å². The Bertz CT molecular complexity index is 1240. The molecule has 3 rings (SSSR count). The molecule has 0 spiro atoms. The molecule has 2 atom stereocenters. The van der Waals surface area contributed by atoms with E-state index in [1.165, 1.54) is 0 Å². The van der Waals surface area contributed by atoms with Gasteiger partial charge in [0.1, 0.15) is 11.5 Å². The molecule has 0 aliphatic carbocycles. The van der Waals surface area contributed by atoms with Gasteiger partial charge < -0.3 is 20.1 Å². The number of ether oxygens (including phenoxy) is 2. The van der Waals surface area contributed by atoms with Crippen molar-refractivity contribution in [2.24, 2.45) is 0 Å². The zero-order valence-electron chi connectivity index (χ0n) is 21.5. The van der Waals surface area contributed by atoms with Crippen LogP contribution >= 0.6 is 0 Å². The largest absolute Gasteiger partial charge is 0.481 e. The van der Waals surface area contributed by atoms with Gasteiger partial charge in [-0.15, -0.1) is 0 Å². The molecule has 0 saturated carbocycles. The quantitative estimate of drug-likeness (QED) is 0.417. The molecule has 6 heteroatoms. The minimum atomic E-state index is -0.695. The van der Waals surface area contributed by atoms with Crippen molar-refractivity contribution in [3.8, 4) is 11.5 Å². The van der Waals surface area contributed by atoms with Crippen LogP contribution in [0.15, 0.2) is 54.6 Å². The van der Waals surface area contributed by atoms with E-state index in [1.807, 2.05) is 77.1 Å². The normalized spacial score (nSPS) is 12.4. The number of carbonyl (C=O) groups is 2. The Kier molecular flexibility index (Phi) is 8.18. The first-order chi connectivity index (χ1) is 16.5. The third-order valence-corrected chi connectivity index (χ3v) is 5.80. The average Bonchev–Trinajstić information content (AvgIpc) is 2.80. The fourth-order valence-corrected chi connectivity index (χ4v) is 3.47. The molecule has 3 aromatic rings. The average molecular weight is 475 g/mol. The minimum absolute atomic E-state index is 0.274. The monoisotopic (exact) mass is 474 g/mol. The minimum Gasteiger partial charge on any atom is -0.481 e. The van der Waals surface area contributed by atoms with E-state index in [9.17, 15) is 9.59 Å². The third-order valence-electron chi connectivity index (χ3n) is 5.80. The zero-order chi connectivity index (χ0) is 25.7. The maximum atomic E-state index is 12.8. The van der Waals surface area contributed by atoms with E-state index in [-0.39, 0.29) is 11.8 Å². The molecule has 184 valence electrons. The second-order valence-electron chi connectivity index (χ2n) is 9.07. The number of anilines is 2. The molecule has 0 bridgehead atoms. The molecule has 0 radical (unpaired) electrons. The molecule has 0 fully saturated rings. The number of aryl methyl sites for hydroxylation is 5. The number of rotatable bonds is 8. The van der Waals surface area contributed by atoms with Crippen molar-refractivity contribution in [3.05, 3.63) is 82.4 Å². The Hall–Kier alpha value is -3.80. The van der Waals surface area contributed by atoms with Crippen LogP contribution in [0.1, 0.15) is 41.7 Å². The molecule has 0 aliphatic rings. The highest BCUT2D eigenvalue weighted by atomic mass is 16.5. The molecule has 2 unspecified atom stereocenters. The molecule has 2 amide bonds. The summed E-state index contributed by atoms with van der Waals surface area (Å²) in [6.07, 6.45) is -1.39. The van der Waals surface area contributed by atoms with Gasteiger partial charge >= 0.3 is 0 Å². The maximum absolute atomic E-state index is 12.8. The summed E-state index contributed by atoms with van der Waals surface area (Å²) in [5.41, 5.74) is 6.10. The van der Waals surface area contributed by atoms with Gasteiger partial charge in [-0.25, -0.2) is 0 Å². The van der Waals surface area contributed by atoms with Crippen LogP contribution in [0.4, 0.5) is 11.4 Å². The molecule has 0 aromatic heterocycles. The van der Waals surface area contributed by atoms with Gasteiger partial charge in [0.25, 0.3) is 11.8 Å². The van der Waals surface area contributed by atoms with Crippen molar-refractivity contribution < 1.29 is 19.1 Å². The van der Waals surface area contributed by atoms with E-state index >= 15 is 0 Å². The van der Waals surface area contributed by atoms with Gasteiger partial charge in [0, 0.05) is 11.4 Å². The molecule has 0 heterocycles. The van der Waals surface area contributed by atoms with E-state index < -0.39 is 12.2 Å². The number of nitrogens with one attached hydrogen (secondary N) is 2. The molecule has 0 saturated heterocycles. The Morgan fingerprint density at radius 1 is 0.629 bits per heavy atom. The van der Waals surface area contributed by atoms with Crippen LogP contribution in [0.3, 0.4) is 0 Å². The molecule has 2 N–H and O–H groups in total. The Morgan fingerprint density at radius 3 is 1.60 bits per heavy atom. The Balaban J connectivity index is 1.65. The summed E-state index contributed by atoms with van der Waals surface area (Å²) in [6, 6.07) is 17.2. The van der Waals surface area contributed by atoms with Gasteiger partial charge in [-0.3, -0.25) is 9.59 Å². The standard InChI is InChI=1S/C29H34N2O4/c1-17-8-10-20(4)26(14-17)34-22(6)28(32)30-24-13-12-19(3)25(16-24)31-29(33)23(7)35-27-15-18(2)9-11-21(27)5/h8-16,22-23H,1-7H3,(H,30,32)(H,31,33). The SMILES string of the molecule is Cc1ccc(C)c(OC(C)C(=O)Nc2ccc(C)c(NC(=O)C(C)Oc3cc(C)ccc3C)c2)c1. The molecular formula is C29H34N2O4. The van der Waals surface area contributed by atoms with Crippen LogP contribution in [0.5, 0.6) is 11.5 Å². The summed E-state index contributed by atoms with van der Waals surface area (Å²) in [5, 5.41) is 5.79. The van der Waals surface area contributed by atoms with E-state index in [2.05, 4.69) is 10.6 Å². The summed E-state index contributed by atoms with van der Waals surface area (Å²) >= 11 is 0. The zero-order valence-corrected chi connectivity index (χ0v) is 21.5. The van der Waals surface area contributed by atoms with Crippen LogP contribution in [0.2, 0.25) is 0 Å². The van der Waals surface area contributed by atoms with Gasteiger partial charge in [0.2, 0.25) is 0 Å². The Labute approximate surface area is 207 Å². The van der Waals surface area contributed by atoms with Crippen molar-refractivity contribution in [1.82, 2.24) is 0 Å². The topological polar surface area (TPSA) is 76.7 Å². The lowest BCUT2D eigenvalue weighted by atomic mass is 10.1. The number of hydrogen-bond acceptors (Lipinski definition) is 4. The first kappa shape index (κ1) is 25.8. The lowest BCUT2D eigenvalue weighted by Gasteiger charge is -2.19. The molecule has 6 nitrogen and oxygen atoms in total. The fraction of sp³-hybridized carbons (Fsp3) is 0.310. The summed E-state index contributed by atoms with van der Waals surface area (Å²) < 4.78 is 11.8. The first-order valence-electron chi connectivity index (χ1n) is 11.7. The van der Waals surface area contributed by atoms with Crippen LogP contribution in [-0.2, 0) is 9.59 Å². The van der Waals surface area contributed by atoms with Gasteiger partial charge in [-0.1, -0.05) is 30.3 Å². The lowest BCUT2D eigenvalue weighted by Crippen LogP contribution is -2.31. The number of amides is 2. The van der Waals surface area contributed by atoms with Crippen molar-refractivity contribution in [1.29, 1.82) is 0 Å².